The van der Waals surface area contributed by atoms with Crippen molar-refractivity contribution >= 4 is 22.7 Å². The number of alkyl halides is 3. The summed E-state index contributed by atoms with van der Waals surface area (Å²) in [5.41, 5.74) is 0.241. The van der Waals surface area contributed by atoms with Gasteiger partial charge in [0.1, 0.15) is 0 Å². The SMILES string of the molecule is Cc1cc(NC(=O)Cc2ccccc2C(F)(F)F)cc(C)c1S(=O)[O-].[Na+]. The number of carbonyl (C=O) groups excluding carboxylic acids is 1. The molecule has 0 aliphatic carbocycles. The third kappa shape index (κ3) is 5.65. The molecule has 26 heavy (non-hydrogen) atoms. The van der Waals surface area contributed by atoms with E-state index in [9.17, 15) is 26.7 Å². The maximum atomic E-state index is 13.0. The minimum Gasteiger partial charge on any atom is -0.768 e. The molecule has 0 heterocycles. The number of anilines is 1. The van der Waals surface area contributed by atoms with Crippen molar-refractivity contribution < 1.29 is 56.3 Å². The molecule has 1 amide bonds. The minimum atomic E-state index is -4.54. The molecular weight excluding hydrogens is 378 g/mol. The summed E-state index contributed by atoms with van der Waals surface area (Å²) in [6.45, 7) is 3.15. The number of aryl methyl sites for hydroxylation is 2. The maximum Gasteiger partial charge on any atom is 1.00 e. The molecule has 2 aromatic rings. The predicted molar refractivity (Wildman–Crippen MR) is 86.9 cm³/mol. The van der Waals surface area contributed by atoms with Gasteiger partial charge in [-0.2, -0.15) is 13.2 Å². The van der Waals surface area contributed by atoms with Crippen LogP contribution in [0.25, 0.3) is 0 Å². The first-order valence-electron chi connectivity index (χ1n) is 7.25. The molecule has 0 fully saturated rings. The van der Waals surface area contributed by atoms with E-state index in [-0.39, 0.29) is 40.0 Å². The van der Waals surface area contributed by atoms with E-state index in [2.05, 4.69) is 5.32 Å². The normalized spacial score (nSPS) is 12.2. The van der Waals surface area contributed by atoms with E-state index in [1.165, 1.54) is 30.3 Å². The average molecular weight is 393 g/mol. The monoisotopic (exact) mass is 393 g/mol. The van der Waals surface area contributed by atoms with Crippen LogP contribution in [0, 0.1) is 13.8 Å². The zero-order valence-electron chi connectivity index (χ0n) is 14.4. The molecule has 0 aliphatic heterocycles. The quantitative estimate of drug-likeness (QED) is 0.616. The van der Waals surface area contributed by atoms with Crippen molar-refractivity contribution in [2.45, 2.75) is 31.3 Å². The summed E-state index contributed by atoms with van der Waals surface area (Å²) in [5.74, 6) is -0.619. The van der Waals surface area contributed by atoms with Crippen LogP contribution >= 0.6 is 0 Å². The molecule has 2 aromatic carbocycles. The number of amides is 1. The van der Waals surface area contributed by atoms with Gasteiger partial charge in [0.25, 0.3) is 0 Å². The van der Waals surface area contributed by atoms with Gasteiger partial charge < -0.3 is 9.87 Å². The number of carbonyl (C=O) groups is 1. The second-order valence-corrected chi connectivity index (χ2v) is 6.43. The van der Waals surface area contributed by atoms with E-state index in [4.69, 9.17) is 0 Å². The van der Waals surface area contributed by atoms with Crippen molar-refractivity contribution in [2.75, 3.05) is 5.32 Å². The zero-order valence-corrected chi connectivity index (χ0v) is 17.3. The number of nitrogens with one attached hydrogen (secondary N) is 1. The topological polar surface area (TPSA) is 69.2 Å². The van der Waals surface area contributed by atoms with Crippen molar-refractivity contribution in [3.63, 3.8) is 0 Å². The molecule has 1 unspecified atom stereocenters. The van der Waals surface area contributed by atoms with E-state index < -0.39 is 35.1 Å². The number of halogens is 3. The Balaban J connectivity index is 0.00000338. The van der Waals surface area contributed by atoms with E-state index >= 15 is 0 Å². The van der Waals surface area contributed by atoms with Gasteiger partial charge in [-0.25, -0.2) is 0 Å². The standard InChI is InChI=1S/C17H16F3NO3S.Na/c1-10-7-13(8-11(2)16(10)25(23)24)21-15(22)9-12-5-3-4-6-14(12)17(18,19)20;/h3-8H,9H2,1-2H3,(H,21,22)(H,23,24);/q;+1/p-1. The number of hydrogen-bond acceptors (Lipinski definition) is 3. The van der Waals surface area contributed by atoms with Gasteiger partial charge in [-0.1, -0.05) is 18.2 Å². The molecule has 134 valence electrons. The number of rotatable bonds is 4. The predicted octanol–water partition coefficient (Wildman–Crippen LogP) is 0.745. The first-order chi connectivity index (χ1) is 11.6. The first-order valence-corrected chi connectivity index (χ1v) is 8.32. The van der Waals surface area contributed by atoms with Gasteiger partial charge in [-0.15, -0.1) is 0 Å². The summed E-state index contributed by atoms with van der Waals surface area (Å²) >= 11 is -2.41. The molecule has 0 radical (unpaired) electrons. The Labute approximate surface area is 173 Å². The van der Waals surface area contributed by atoms with Gasteiger partial charge in [0.15, 0.2) is 0 Å². The Morgan fingerprint density at radius 2 is 1.69 bits per heavy atom. The molecular formula is C17H15F3NNaO3S. The van der Waals surface area contributed by atoms with E-state index in [0.29, 0.717) is 16.8 Å². The second kappa shape index (κ2) is 9.14. The summed E-state index contributed by atoms with van der Waals surface area (Å²) in [6, 6.07) is 7.80. The fraction of sp³-hybridized carbons (Fsp3) is 0.235. The Hall–Kier alpha value is -1.19. The average Bonchev–Trinajstić information content (AvgIpc) is 2.45. The number of hydrogen-bond donors (Lipinski definition) is 1. The molecule has 0 aromatic heterocycles. The molecule has 1 N–H and O–H groups in total. The van der Waals surface area contributed by atoms with Crippen molar-refractivity contribution in [3.8, 4) is 0 Å². The number of benzene rings is 2. The van der Waals surface area contributed by atoms with Crippen molar-refractivity contribution in [1.29, 1.82) is 0 Å². The van der Waals surface area contributed by atoms with Crippen molar-refractivity contribution in [2.24, 2.45) is 0 Å². The van der Waals surface area contributed by atoms with Crippen LogP contribution in [0.15, 0.2) is 41.3 Å². The van der Waals surface area contributed by atoms with Gasteiger partial charge in [0.2, 0.25) is 5.91 Å². The van der Waals surface area contributed by atoms with Gasteiger partial charge in [-0.3, -0.25) is 9.00 Å². The van der Waals surface area contributed by atoms with Crippen LogP contribution in [-0.2, 0) is 28.5 Å². The molecule has 0 saturated heterocycles. The Morgan fingerprint density at radius 3 is 2.19 bits per heavy atom. The van der Waals surface area contributed by atoms with E-state index in [1.807, 2.05) is 0 Å². The Bertz CT molecular complexity index is 817. The van der Waals surface area contributed by atoms with Crippen LogP contribution in [0.5, 0.6) is 0 Å². The molecule has 0 aliphatic rings. The van der Waals surface area contributed by atoms with E-state index in [0.717, 1.165) is 6.07 Å². The van der Waals surface area contributed by atoms with Gasteiger partial charge in [0.05, 0.1) is 12.0 Å². The van der Waals surface area contributed by atoms with Gasteiger partial charge >= 0.3 is 35.7 Å². The summed E-state index contributed by atoms with van der Waals surface area (Å²) in [6.07, 6.45) is -4.98. The summed E-state index contributed by atoms with van der Waals surface area (Å²) in [5, 5.41) is 2.51. The van der Waals surface area contributed by atoms with Crippen molar-refractivity contribution in [3.05, 3.63) is 58.7 Å². The zero-order chi connectivity index (χ0) is 18.8. The second-order valence-electron chi connectivity index (χ2n) is 5.55. The Kier molecular flexibility index (Phi) is 8.04. The largest absolute Gasteiger partial charge is 1.00 e. The summed E-state index contributed by atoms with van der Waals surface area (Å²) < 4.78 is 61.2. The summed E-state index contributed by atoms with van der Waals surface area (Å²) in [4.78, 5) is 12.2. The smallest absolute Gasteiger partial charge is 0.768 e. The molecule has 1 atom stereocenters. The molecule has 4 nitrogen and oxygen atoms in total. The van der Waals surface area contributed by atoms with Gasteiger partial charge in [-0.05, 0) is 59.8 Å². The fourth-order valence-corrected chi connectivity index (χ4v) is 3.26. The van der Waals surface area contributed by atoms with Crippen LogP contribution in [-0.4, -0.2) is 14.7 Å². The van der Waals surface area contributed by atoms with Crippen LogP contribution in [0.1, 0.15) is 22.3 Å². The Morgan fingerprint density at radius 1 is 1.15 bits per heavy atom. The van der Waals surface area contributed by atoms with Crippen LogP contribution < -0.4 is 34.9 Å². The molecule has 0 saturated carbocycles. The van der Waals surface area contributed by atoms with Crippen LogP contribution in [0.2, 0.25) is 0 Å². The van der Waals surface area contributed by atoms with Crippen LogP contribution in [0.3, 0.4) is 0 Å². The molecule has 0 spiro atoms. The fourth-order valence-electron chi connectivity index (χ4n) is 2.61. The third-order valence-corrected chi connectivity index (χ3v) is 4.56. The minimum absolute atomic E-state index is 0. The summed E-state index contributed by atoms with van der Waals surface area (Å²) in [7, 11) is 0. The molecule has 0 bridgehead atoms. The third-order valence-electron chi connectivity index (χ3n) is 3.58. The van der Waals surface area contributed by atoms with E-state index in [1.54, 1.807) is 13.8 Å². The molecule has 2 rings (SSSR count). The van der Waals surface area contributed by atoms with Crippen molar-refractivity contribution in [1.82, 2.24) is 0 Å². The van der Waals surface area contributed by atoms with Crippen LogP contribution in [0.4, 0.5) is 18.9 Å². The first kappa shape index (κ1) is 22.9. The maximum absolute atomic E-state index is 13.0. The molecule has 9 heteroatoms. The van der Waals surface area contributed by atoms with Gasteiger partial charge in [0, 0.05) is 10.6 Å².